The van der Waals surface area contributed by atoms with Gasteiger partial charge in [0.2, 0.25) is 0 Å². The second kappa shape index (κ2) is 2.09. The Labute approximate surface area is 65.5 Å². The molecule has 0 saturated carbocycles. The van der Waals surface area contributed by atoms with Gasteiger partial charge in [0.05, 0.1) is 11.2 Å². The number of hydrogen-bond acceptors (Lipinski definition) is 1. The van der Waals surface area contributed by atoms with Crippen molar-refractivity contribution >= 4 is 10.9 Å². The van der Waals surface area contributed by atoms with E-state index in [0.29, 0.717) is 0 Å². The number of benzene rings is 1. The van der Waals surface area contributed by atoms with E-state index in [1.54, 1.807) is 0 Å². The van der Waals surface area contributed by atoms with Gasteiger partial charge in [-0.05, 0) is 25.1 Å². The normalized spacial score (nSPS) is 10.7. The van der Waals surface area contributed by atoms with Crippen molar-refractivity contribution in [2.24, 2.45) is 7.05 Å². The molecule has 1 radical (unpaired) electrons. The van der Waals surface area contributed by atoms with E-state index in [1.165, 1.54) is 10.9 Å². The summed E-state index contributed by atoms with van der Waals surface area (Å²) in [6, 6.07) is 8.94. The van der Waals surface area contributed by atoms with Crippen molar-refractivity contribution in [2.45, 2.75) is 6.92 Å². The molecular weight excluding hydrogens is 136 g/mol. The summed E-state index contributed by atoms with van der Waals surface area (Å²) in [5, 5.41) is 5.48. The van der Waals surface area contributed by atoms with Crippen molar-refractivity contribution in [3.05, 3.63) is 30.0 Å². The van der Waals surface area contributed by atoms with E-state index in [2.05, 4.69) is 11.2 Å². The van der Waals surface area contributed by atoms with Crippen LogP contribution in [-0.2, 0) is 7.05 Å². The number of rotatable bonds is 0. The Balaban J connectivity index is 2.95. The van der Waals surface area contributed by atoms with Crippen LogP contribution in [0.15, 0.2) is 18.2 Å². The van der Waals surface area contributed by atoms with Crippen molar-refractivity contribution in [1.82, 2.24) is 9.78 Å². The van der Waals surface area contributed by atoms with Crippen LogP contribution in [0, 0.1) is 13.0 Å². The van der Waals surface area contributed by atoms with Crippen LogP contribution in [0.2, 0.25) is 0 Å². The van der Waals surface area contributed by atoms with Crippen LogP contribution < -0.4 is 0 Å². The van der Waals surface area contributed by atoms with Crippen LogP contribution in [-0.4, -0.2) is 9.78 Å². The maximum absolute atomic E-state index is 4.29. The number of nitrogens with zero attached hydrogens (tertiary/aromatic N) is 2. The Hall–Kier alpha value is -1.31. The van der Waals surface area contributed by atoms with Gasteiger partial charge in [-0.2, -0.15) is 5.10 Å². The zero-order chi connectivity index (χ0) is 7.84. The highest BCUT2D eigenvalue weighted by atomic mass is 15.3. The van der Waals surface area contributed by atoms with Crippen LogP contribution >= 0.6 is 0 Å². The average Bonchev–Trinajstić information content (AvgIpc) is 2.30. The lowest BCUT2D eigenvalue weighted by Gasteiger charge is -1.89. The highest BCUT2D eigenvalue weighted by Crippen LogP contribution is 2.15. The molecule has 0 aliphatic rings. The number of hydrogen-bond donors (Lipinski definition) is 0. The molecule has 1 aromatic heterocycles. The first-order valence-corrected chi connectivity index (χ1v) is 3.58. The number of fused-ring (bicyclic) bond motifs is 1. The SMILES string of the molecule is Cc1nn(C)c2cc[c]cc12. The third-order valence-electron chi connectivity index (χ3n) is 1.88. The van der Waals surface area contributed by atoms with Crippen molar-refractivity contribution in [2.75, 3.05) is 0 Å². The van der Waals surface area contributed by atoms with E-state index in [1.807, 2.05) is 36.9 Å². The third kappa shape index (κ3) is 0.827. The molecule has 0 amide bonds. The standard InChI is InChI=1S/C9H9N2/c1-7-8-5-3-4-6-9(8)11(2)10-7/h4-6H,1-2H3. The summed E-state index contributed by atoms with van der Waals surface area (Å²) in [7, 11) is 1.95. The van der Waals surface area contributed by atoms with Crippen LogP contribution in [0.5, 0.6) is 0 Å². The van der Waals surface area contributed by atoms with Crippen LogP contribution in [0.4, 0.5) is 0 Å². The smallest absolute Gasteiger partial charge is 0.0682 e. The first-order chi connectivity index (χ1) is 5.29. The molecule has 0 N–H and O–H groups in total. The fourth-order valence-electron chi connectivity index (χ4n) is 1.33. The molecule has 2 rings (SSSR count). The summed E-state index contributed by atoms with van der Waals surface area (Å²) < 4.78 is 1.89. The van der Waals surface area contributed by atoms with Gasteiger partial charge < -0.3 is 0 Å². The van der Waals surface area contributed by atoms with Gasteiger partial charge in [0.25, 0.3) is 0 Å². The zero-order valence-electron chi connectivity index (χ0n) is 6.63. The minimum Gasteiger partial charge on any atom is -0.268 e. The Bertz CT molecular complexity index is 351. The van der Waals surface area contributed by atoms with E-state index in [0.717, 1.165) is 5.69 Å². The quantitative estimate of drug-likeness (QED) is 0.551. The summed E-state index contributed by atoms with van der Waals surface area (Å²) >= 11 is 0. The lowest BCUT2D eigenvalue weighted by molar-refractivity contribution is 0.783. The largest absolute Gasteiger partial charge is 0.268 e. The molecule has 0 saturated heterocycles. The molecule has 1 aromatic carbocycles. The Morgan fingerprint density at radius 3 is 3.09 bits per heavy atom. The summed E-state index contributed by atoms with van der Waals surface area (Å²) in [5.74, 6) is 0. The predicted molar refractivity (Wildman–Crippen MR) is 44.3 cm³/mol. The van der Waals surface area contributed by atoms with Gasteiger partial charge in [-0.1, -0.05) is 6.07 Å². The maximum atomic E-state index is 4.29. The summed E-state index contributed by atoms with van der Waals surface area (Å²) in [6.07, 6.45) is 0. The zero-order valence-corrected chi connectivity index (χ0v) is 6.63. The van der Waals surface area contributed by atoms with Crippen LogP contribution in [0.1, 0.15) is 5.69 Å². The lowest BCUT2D eigenvalue weighted by Crippen LogP contribution is -1.88. The number of aromatic nitrogens is 2. The maximum Gasteiger partial charge on any atom is 0.0682 e. The molecule has 2 aromatic rings. The highest BCUT2D eigenvalue weighted by Gasteiger charge is 2.01. The van der Waals surface area contributed by atoms with E-state index < -0.39 is 0 Å². The molecule has 2 nitrogen and oxygen atoms in total. The average molecular weight is 145 g/mol. The van der Waals surface area contributed by atoms with Gasteiger partial charge >= 0.3 is 0 Å². The topological polar surface area (TPSA) is 17.8 Å². The van der Waals surface area contributed by atoms with Gasteiger partial charge in [0.15, 0.2) is 0 Å². The van der Waals surface area contributed by atoms with E-state index >= 15 is 0 Å². The third-order valence-corrected chi connectivity index (χ3v) is 1.88. The fourth-order valence-corrected chi connectivity index (χ4v) is 1.33. The van der Waals surface area contributed by atoms with Gasteiger partial charge in [-0.15, -0.1) is 0 Å². The summed E-state index contributed by atoms with van der Waals surface area (Å²) in [5.41, 5.74) is 2.24. The summed E-state index contributed by atoms with van der Waals surface area (Å²) in [6.45, 7) is 2.01. The van der Waals surface area contributed by atoms with Crippen molar-refractivity contribution < 1.29 is 0 Å². The van der Waals surface area contributed by atoms with Crippen LogP contribution in [0.3, 0.4) is 0 Å². The van der Waals surface area contributed by atoms with Crippen molar-refractivity contribution in [3.63, 3.8) is 0 Å². The fraction of sp³-hybridized carbons (Fsp3) is 0.222. The Morgan fingerprint density at radius 2 is 2.36 bits per heavy atom. The molecule has 0 aliphatic carbocycles. The van der Waals surface area contributed by atoms with Gasteiger partial charge in [-0.3, -0.25) is 4.68 Å². The van der Waals surface area contributed by atoms with Crippen LogP contribution in [0.25, 0.3) is 10.9 Å². The second-order valence-corrected chi connectivity index (χ2v) is 2.65. The van der Waals surface area contributed by atoms with Gasteiger partial charge in [-0.25, -0.2) is 0 Å². The highest BCUT2D eigenvalue weighted by molar-refractivity contribution is 5.81. The van der Waals surface area contributed by atoms with E-state index in [9.17, 15) is 0 Å². The first kappa shape index (κ1) is 6.40. The molecule has 11 heavy (non-hydrogen) atoms. The molecule has 0 atom stereocenters. The monoisotopic (exact) mass is 145 g/mol. The van der Waals surface area contributed by atoms with Crippen molar-refractivity contribution in [1.29, 1.82) is 0 Å². The lowest BCUT2D eigenvalue weighted by atomic mass is 10.2. The Morgan fingerprint density at radius 1 is 1.55 bits per heavy atom. The number of aryl methyl sites for hydroxylation is 2. The van der Waals surface area contributed by atoms with E-state index in [-0.39, 0.29) is 0 Å². The van der Waals surface area contributed by atoms with Crippen molar-refractivity contribution in [3.8, 4) is 0 Å². The first-order valence-electron chi connectivity index (χ1n) is 3.58. The molecule has 0 unspecified atom stereocenters. The molecule has 0 fully saturated rings. The molecule has 2 heteroatoms. The van der Waals surface area contributed by atoms with Gasteiger partial charge in [0.1, 0.15) is 0 Å². The molecular formula is C9H9N2. The minimum atomic E-state index is 1.07. The van der Waals surface area contributed by atoms with Gasteiger partial charge in [0, 0.05) is 12.4 Å². The molecule has 0 spiro atoms. The predicted octanol–water partition coefficient (Wildman–Crippen LogP) is 1.68. The molecule has 0 bridgehead atoms. The molecule has 55 valence electrons. The van der Waals surface area contributed by atoms with E-state index in [4.69, 9.17) is 0 Å². The minimum absolute atomic E-state index is 1.07. The molecule has 1 heterocycles. The summed E-state index contributed by atoms with van der Waals surface area (Å²) in [4.78, 5) is 0. The Kier molecular flexibility index (Phi) is 1.22. The molecule has 0 aliphatic heterocycles. The second-order valence-electron chi connectivity index (χ2n) is 2.65.